The summed E-state index contributed by atoms with van der Waals surface area (Å²) in [4.78, 5) is 44.9. The molecule has 0 spiro atoms. The normalized spacial score (nSPS) is 12.6. The van der Waals surface area contributed by atoms with E-state index in [9.17, 15) is 19.2 Å². The second kappa shape index (κ2) is 12.2. The van der Waals surface area contributed by atoms with Crippen LogP contribution < -0.4 is 16.4 Å². The van der Waals surface area contributed by atoms with Crippen molar-refractivity contribution in [2.45, 2.75) is 24.9 Å². The molecule has 0 heterocycles. The Hall–Kier alpha value is -1.20. The van der Waals surface area contributed by atoms with Gasteiger partial charge in [-0.15, -0.1) is 11.8 Å². The predicted octanol–water partition coefficient (Wildman–Crippen LogP) is 0.440. The largest absolute Gasteiger partial charge is 0.480 e. The number of hydrogen-bond acceptors (Lipinski definition) is 6. The fourth-order valence-electron chi connectivity index (χ4n) is 1.36. The highest BCUT2D eigenvalue weighted by Crippen LogP contribution is 2.29. The first-order chi connectivity index (χ1) is 11.5. The van der Waals surface area contributed by atoms with Gasteiger partial charge in [-0.1, -0.05) is 34.8 Å². The molecule has 0 aromatic heterocycles. The standard InChI is InChI=1S/C12H16Cl3N3O6S/c13-9(14)10(15)25-4-6(11(22)17-3-8(20)21)18-7(19)2-1-5(16)12(23)24/h5-6H,1-4,16H2,(H,17,22)(H,18,19)(H,20,21)(H,23,24)/t5-,6-/m0/s1. The van der Waals surface area contributed by atoms with E-state index < -0.39 is 42.4 Å². The van der Waals surface area contributed by atoms with Crippen molar-refractivity contribution >= 4 is 70.3 Å². The van der Waals surface area contributed by atoms with Gasteiger partial charge in [0.05, 0.1) is 0 Å². The zero-order chi connectivity index (χ0) is 19.6. The molecular weight excluding hydrogens is 421 g/mol. The monoisotopic (exact) mass is 435 g/mol. The van der Waals surface area contributed by atoms with E-state index in [0.29, 0.717) is 0 Å². The molecule has 0 saturated carbocycles. The van der Waals surface area contributed by atoms with Gasteiger partial charge in [0, 0.05) is 12.2 Å². The number of hydrogen-bond donors (Lipinski definition) is 5. The minimum absolute atomic E-state index is 0.0125. The Bertz CT molecular complexity index is 556. The molecule has 0 aromatic carbocycles. The third kappa shape index (κ3) is 11.1. The Morgan fingerprint density at radius 2 is 1.72 bits per heavy atom. The average molecular weight is 437 g/mol. The number of carbonyl (C=O) groups is 4. The van der Waals surface area contributed by atoms with E-state index in [1.807, 2.05) is 0 Å². The summed E-state index contributed by atoms with van der Waals surface area (Å²) in [7, 11) is 0. The molecule has 9 nitrogen and oxygen atoms in total. The first-order valence-electron chi connectivity index (χ1n) is 6.65. The molecule has 0 aliphatic carbocycles. The van der Waals surface area contributed by atoms with Crippen LogP contribution in [0.1, 0.15) is 12.8 Å². The van der Waals surface area contributed by atoms with Crippen LogP contribution in [-0.2, 0) is 19.2 Å². The Morgan fingerprint density at radius 1 is 1.12 bits per heavy atom. The Balaban J connectivity index is 4.78. The number of nitrogens with two attached hydrogens (primary N) is 1. The fourth-order valence-corrected chi connectivity index (χ4v) is 2.53. The number of aliphatic carboxylic acids is 2. The van der Waals surface area contributed by atoms with Crippen LogP contribution in [0, 0.1) is 0 Å². The minimum atomic E-state index is -1.26. The van der Waals surface area contributed by atoms with Crippen LogP contribution in [0.5, 0.6) is 0 Å². The van der Waals surface area contributed by atoms with E-state index >= 15 is 0 Å². The number of rotatable bonds is 11. The molecule has 25 heavy (non-hydrogen) atoms. The van der Waals surface area contributed by atoms with Crippen molar-refractivity contribution in [1.29, 1.82) is 0 Å². The van der Waals surface area contributed by atoms with Crippen LogP contribution in [-0.4, -0.2) is 58.3 Å². The number of halogens is 3. The maximum absolute atomic E-state index is 12.0. The molecule has 0 radical (unpaired) electrons. The van der Waals surface area contributed by atoms with Crippen LogP contribution in [0.3, 0.4) is 0 Å². The molecule has 2 amide bonds. The second-order valence-corrected chi connectivity index (χ2v) is 7.14. The first kappa shape index (κ1) is 23.8. The lowest BCUT2D eigenvalue weighted by molar-refractivity contribution is -0.139. The van der Waals surface area contributed by atoms with Crippen LogP contribution in [0.15, 0.2) is 8.86 Å². The number of nitrogens with one attached hydrogen (secondary N) is 2. The van der Waals surface area contributed by atoms with Crippen molar-refractivity contribution in [3.05, 3.63) is 8.86 Å². The molecule has 0 aliphatic rings. The Kier molecular flexibility index (Phi) is 11.6. The molecule has 0 rings (SSSR count). The predicted molar refractivity (Wildman–Crippen MR) is 94.5 cm³/mol. The molecule has 13 heteroatoms. The number of carboxylic acid groups (broad SMARTS) is 2. The average Bonchev–Trinajstić information content (AvgIpc) is 2.53. The fraction of sp³-hybridized carbons (Fsp3) is 0.500. The lowest BCUT2D eigenvalue weighted by atomic mass is 10.1. The van der Waals surface area contributed by atoms with Crippen molar-refractivity contribution in [2.75, 3.05) is 12.3 Å². The summed E-state index contributed by atoms with van der Waals surface area (Å²) < 4.78 is -0.239. The van der Waals surface area contributed by atoms with Crippen molar-refractivity contribution < 1.29 is 29.4 Å². The number of amides is 2. The molecule has 2 atom stereocenters. The van der Waals surface area contributed by atoms with E-state index in [1.165, 1.54) is 0 Å². The van der Waals surface area contributed by atoms with Gasteiger partial charge in [-0.05, 0) is 6.42 Å². The zero-order valence-corrected chi connectivity index (χ0v) is 15.7. The van der Waals surface area contributed by atoms with Crippen LogP contribution in [0.2, 0.25) is 0 Å². The van der Waals surface area contributed by atoms with Gasteiger partial charge in [0.1, 0.15) is 27.5 Å². The third-order valence-electron chi connectivity index (χ3n) is 2.59. The lowest BCUT2D eigenvalue weighted by Crippen LogP contribution is -2.49. The molecule has 6 N–H and O–H groups in total. The minimum Gasteiger partial charge on any atom is -0.480 e. The molecule has 0 fully saturated rings. The third-order valence-corrected chi connectivity index (χ3v) is 4.86. The lowest BCUT2D eigenvalue weighted by Gasteiger charge is -2.18. The van der Waals surface area contributed by atoms with Gasteiger partial charge >= 0.3 is 11.9 Å². The quantitative estimate of drug-likeness (QED) is 0.312. The van der Waals surface area contributed by atoms with Gasteiger partial charge in [0.25, 0.3) is 0 Å². The molecule has 0 aromatic rings. The molecule has 0 unspecified atom stereocenters. The first-order valence-corrected chi connectivity index (χ1v) is 8.77. The van der Waals surface area contributed by atoms with E-state index in [2.05, 4.69) is 10.6 Å². The Morgan fingerprint density at radius 3 is 2.20 bits per heavy atom. The Labute approximate surface area is 162 Å². The van der Waals surface area contributed by atoms with Gasteiger partial charge < -0.3 is 26.6 Å². The maximum Gasteiger partial charge on any atom is 0.322 e. The van der Waals surface area contributed by atoms with Crippen LogP contribution in [0.4, 0.5) is 0 Å². The highest BCUT2D eigenvalue weighted by molar-refractivity contribution is 8.04. The topological polar surface area (TPSA) is 159 Å². The number of thioether (sulfide) groups is 1. The van der Waals surface area contributed by atoms with Gasteiger partial charge in [-0.25, -0.2) is 0 Å². The molecule has 0 saturated heterocycles. The SMILES string of the molecule is N[C@@H](CCC(=O)N[C@@H](CSC(Cl)=C(Cl)Cl)C(=O)NCC(=O)O)C(=O)O. The number of carbonyl (C=O) groups excluding carboxylic acids is 2. The highest BCUT2D eigenvalue weighted by Gasteiger charge is 2.23. The molecule has 0 bridgehead atoms. The summed E-state index contributed by atoms with van der Waals surface area (Å²) in [5.74, 6) is -4.00. The summed E-state index contributed by atoms with van der Waals surface area (Å²) in [5.41, 5.74) is 5.29. The smallest absolute Gasteiger partial charge is 0.322 e. The van der Waals surface area contributed by atoms with Gasteiger partial charge in [-0.3, -0.25) is 19.2 Å². The van der Waals surface area contributed by atoms with Crippen molar-refractivity contribution in [3.63, 3.8) is 0 Å². The van der Waals surface area contributed by atoms with Crippen LogP contribution >= 0.6 is 46.6 Å². The summed E-state index contributed by atoms with van der Waals surface area (Å²) in [6.07, 6.45) is -0.368. The van der Waals surface area contributed by atoms with Crippen LogP contribution in [0.25, 0.3) is 0 Å². The van der Waals surface area contributed by atoms with Gasteiger partial charge in [-0.2, -0.15) is 0 Å². The summed E-state index contributed by atoms with van der Waals surface area (Å²) in [6.45, 7) is -0.639. The second-order valence-electron chi connectivity index (χ2n) is 4.56. The van der Waals surface area contributed by atoms with E-state index in [1.54, 1.807) is 0 Å². The molecular formula is C12H16Cl3N3O6S. The summed E-state index contributed by atoms with van der Waals surface area (Å²) in [6, 6.07) is -2.36. The summed E-state index contributed by atoms with van der Waals surface area (Å²) in [5, 5.41) is 21.7. The number of carboxylic acids is 2. The van der Waals surface area contributed by atoms with Crippen molar-refractivity contribution in [2.24, 2.45) is 5.73 Å². The molecule has 142 valence electrons. The van der Waals surface area contributed by atoms with Crippen molar-refractivity contribution in [3.8, 4) is 0 Å². The highest BCUT2D eigenvalue weighted by atomic mass is 35.5. The maximum atomic E-state index is 12.0. The van der Waals surface area contributed by atoms with E-state index in [0.717, 1.165) is 11.8 Å². The summed E-state index contributed by atoms with van der Waals surface area (Å²) >= 11 is 17.5. The zero-order valence-electron chi connectivity index (χ0n) is 12.6. The van der Waals surface area contributed by atoms with Gasteiger partial charge in [0.15, 0.2) is 0 Å². The van der Waals surface area contributed by atoms with E-state index in [-0.39, 0.29) is 27.5 Å². The molecule has 0 aliphatic heterocycles. The van der Waals surface area contributed by atoms with Gasteiger partial charge in [0.2, 0.25) is 11.8 Å². The van der Waals surface area contributed by atoms with E-state index in [4.69, 9.17) is 50.7 Å². The van der Waals surface area contributed by atoms with Crippen molar-refractivity contribution in [1.82, 2.24) is 10.6 Å².